The summed E-state index contributed by atoms with van der Waals surface area (Å²) in [6, 6.07) is 3.37. The van der Waals surface area contributed by atoms with Crippen LogP contribution in [0.1, 0.15) is 27.2 Å². The maximum absolute atomic E-state index is 6.64. The third kappa shape index (κ3) is 3.09. The second-order valence-corrected chi connectivity index (χ2v) is 11.4. The summed E-state index contributed by atoms with van der Waals surface area (Å²) in [6.45, 7) is 7.49. The topological polar surface area (TPSA) is 31.0 Å². The van der Waals surface area contributed by atoms with Gasteiger partial charge in [0.1, 0.15) is 17.8 Å². The Morgan fingerprint density at radius 3 is 2.35 bits per heavy atom. The lowest BCUT2D eigenvalue weighted by atomic mass is 9.90. The van der Waals surface area contributed by atoms with E-state index in [-0.39, 0.29) is 23.9 Å². The quantitative estimate of drug-likeness (QED) is 0.222. The van der Waals surface area contributed by atoms with E-state index in [9.17, 15) is 0 Å². The molecule has 0 aromatic heterocycles. The minimum Gasteiger partial charge on any atom is -0.407 e. The van der Waals surface area contributed by atoms with Gasteiger partial charge in [0.05, 0.1) is 12.7 Å². The van der Waals surface area contributed by atoms with Crippen LogP contribution in [0.25, 0.3) is 0 Å². The van der Waals surface area contributed by atoms with Crippen molar-refractivity contribution in [3.8, 4) is 12.3 Å². The molecule has 20 heavy (non-hydrogen) atoms. The van der Waals surface area contributed by atoms with Gasteiger partial charge in [-0.1, -0.05) is 49.3 Å². The normalized spacial score (nSPS) is 36.9. The van der Waals surface area contributed by atoms with E-state index in [0.29, 0.717) is 0 Å². The molecule has 114 valence electrons. The van der Waals surface area contributed by atoms with Gasteiger partial charge in [-0.2, -0.15) is 0 Å². The van der Waals surface area contributed by atoms with E-state index in [4.69, 9.17) is 20.3 Å². The lowest BCUT2D eigenvalue weighted by Crippen LogP contribution is -2.56. The first-order valence-corrected chi connectivity index (χ1v) is 11.6. The summed E-state index contributed by atoms with van der Waals surface area (Å²) in [6.07, 6.45) is 6.48. The number of epoxide rings is 1. The lowest BCUT2D eigenvalue weighted by molar-refractivity contribution is -0.114. The summed E-state index contributed by atoms with van der Waals surface area (Å²) in [7, 11) is -1.70. The first-order valence-electron chi connectivity index (χ1n) is 7.58. The molecule has 0 N–H and O–H groups in total. The molecule has 1 spiro atoms. The van der Waals surface area contributed by atoms with E-state index in [1.54, 1.807) is 0 Å². The Labute approximate surface area is 137 Å². The maximum atomic E-state index is 6.64. The van der Waals surface area contributed by atoms with Crippen molar-refractivity contribution in [2.75, 3.05) is 11.0 Å². The fourth-order valence-electron chi connectivity index (χ4n) is 3.14. The van der Waals surface area contributed by atoms with Gasteiger partial charge < -0.3 is 13.9 Å². The standard InChI is InChI=1S/C15H25IO3Si/c1-5-13-14(19-20(6-2,7-3)8-4)15(11-17-15)9-12(10-16)18-13/h1,12-14H,6-11H2,2-4H3/t12-,13-,14-,15-/m1/s1. The van der Waals surface area contributed by atoms with Crippen molar-refractivity contribution in [1.29, 1.82) is 0 Å². The molecule has 0 unspecified atom stereocenters. The molecule has 2 heterocycles. The van der Waals surface area contributed by atoms with Crippen LogP contribution in [-0.2, 0) is 13.9 Å². The van der Waals surface area contributed by atoms with Crippen molar-refractivity contribution in [1.82, 2.24) is 0 Å². The maximum Gasteiger partial charge on any atom is 0.192 e. The zero-order chi connectivity index (χ0) is 14.8. The monoisotopic (exact) mass is 408 g/mol. The molecule has 0 amide bonds. The van der Waals surface area contributed by atoms with Gasteiger partial charge in [0.15, 0.2) is 8.32 Å². The van der Waals surface area contributed by atoms with Crippen molar-refractivity contribution in [3.63, 3.8) is 0 Å². The molecule has 0 aromatic rings. The van der Waals surface area contributed by atoms with E-state index in [0.717, 1.165) is 35.6 Å². The highest BCUT2D eigenvalue weighted by Crippen LogP contribution is 2.46. The molecule has 0 aliphatic carbocycles. The van der Waals surface area contributed by atoms with Gasteiger partial charge in [0.2, 0.25) is 0 Å². The number of terminal acetylenes is 1. The highest BCUT2D eigenvalue weighted by Gasteiger charge is 2.60. The molecular formula is C15H25IO3Si. The summed E-state index contributed by atoms with van der Waals surface area (Å²) in [5.74, 6) is 2.80. The van der Waals surface area contributed by atoms with E-state index in [1.165, 1.54) is 0 Å². The Kier molecular flexibility index (Phi) is 5.57. The molecule has 4 atom stereocenters. The van der Waals surface area contributed by atoms with Crippen molar-refractivity contribution in [2.45, 2.75) is 69.2 Å². The molecule has 2 aliphatic heterocycles. The Morgan fingerprint density at radius 2 is 1.95 bits per heavy atom. The first kappa shape index (κ1) is 16.8. The largest absolute Gasteiger partial charge is 0.407 e. The summed E-state index contributed by atoms with van der Waals surface area (Å²) < 4.78 is 19.4. The molecule has 2 aliphatic rings. The molecule has 2 fully saturated rings. The Morgan fingerprint density at radius 1 is 1.35 bits per heavy atom. The molecule has 0 bridgehead atoms. The Balaban J connectivity index is 2.18. The van der Waals surface area contributed by atoms with Crippen molar-refractivity contribution >= 4 is 30.9 Å². The van der Waals surface area contributed by atoms with Gasteiger partial charge in [-0.05, 0) is 18.1 Å². The zero-order valence-corrected chi connectivity index (χ0v) is 15.8. The fraction of sp³-hybridized carbons (Fsp3) is 0.867. The smallest absolute Gasteiger partial charge is 0.192 e. The molecule has 5 heteroatoms. The van der Waals surface area contributed by atoms with Crippen molar-refractivity contribution in [2.24, 2.45) is 0 Å². The highest BCUT2D eigenvalue weighted by molar-refractivity contribution is 14.1. The van der Waals surface area contributed by atoms with E-state index >= 15 is 0 Å². The third-order valence-electron chi connectivity index (χ3n) is 4.87. The van der Waals surface area contributed by atoms with Gasteiger partial charge in [-0.25, -0.2) is 0 Å². The van der Waals surface area contributed by atoms with Crippen LogP contribution in [0.5, 0.6) is 0 Å². The van der Waals surface area contributed by atoms with Crippen LogP contribution in [0.4, 0.5) is 0 Å². The summed E-state index contributed by atoms with van der Waals surface area (Å²) in [5, 5.41) is 0. The summed E-state index contributed by atoms with van der Waals surface area (Å²) in [5.41, 5.74) is -0.164. The SMILES string of the molecule is C#C[C@H]1O[C@@H](CI)C[C@@]2(CO2)[C@@H]1O[Si](CC)(CC)CC. The van der Waals surface area contributed by atoms with Crippen molar-refractivity contribution < 1.29 is 13.9 Å². The van der Waals surface area contributed by atoms with Crippen LogP contribution >= 0.6 is 22.6 Å². The summed E-state index contributed by atoms with van der Waals surface area (Å²) in [4.78, 5) is 0. The Bertz CT molecular complexity index is 366. The van der Waals surface area contributed by atoms with Crippen LogP contribution in [-0.4, -0.2) is 43.3 Å². The number of hydrogen-bond donors (Lipinski definition) is 0. The van der Waals surface area contributed by atoms with Crippen LogP contribution in [0.3, 0.4) is 0 Å². The lowest BCUT2D eigenvalue weighted by Gasteiger charge is -2.43. The molecule has 0 aromatic carbocycles. The summed E-state index contributed by atoms with van der Waals surface area (Å²) >= 11 is 2.35. The predicted molar refractivity (Wildman–Crippen MR) is 91.8 cm³/mol. The first-order chi connectivity index (χ1) is 9.58. The number of alkyl halides is 1. The van der Waals surface area contributed by atoms with Crippen LogP contribution in [0.2, 0.25) is 18.1 Å². The second-order valence-electron chi connectivity index (χ2n) is 5.84. The zero-order valence-electron chi connectivity index (χ0n) is 12.7. The predicted octanol–water partition coefficient (Wildman–Crippen LogP) is 3.37. The number of ether oxygens (including phenoxy) is 2. The van der Waals surface area contributed by atoms with Crippen LogP contribution in [0.15, 0.2) is 0 Å². The average molecular weight is 408 g/mol. The molecular weight excluding hydrogens is 383 g/mol. The van der Waals surface area contributed by atoms with Gasteiger partial charge in [0.25, 0.3) is 0 Å². The number of hydrogen-bond acceptors (Lipinski definition) is 3. The molecule has 3 nitrogen and oxygen atoms in total. The van der Waals surface area contributed by atoms with Gasteiger partial charge in [-0.3, -0.25) is 0 Å². The van der Waals surface area contributed by atoms with E-state index < -0.39 is 8.32 Å². The van der Waals surface area contributed by atoms with E-state index in [2.05, 4.69) is 49.3 Å². The fourth-order valence-corrected chi connectivity index (χ4v) is 6.53. The molecule has 0 saturated carbocycles. The van der Waals surface area contributed by atoms with Crippen molar-refractivity contribution in [3.05, 3.63) is 0 Å². The average Bonchev–Trinajstić information content (AvgIpc) is 3.26. The van der Waals surface area contributed by atoms with Crippen LogP contribution < -0.4 is 0 Å². The second kappa shape index (κ2) is 6.65. The number of halogens is 1. The minimum atomic E-state index is -1.70. The molecule has 2 saturated heterocycles. The van der Waals surface area contributed by atoms with Gasteiger partial charge in [0, 0.05) is 10.8 Å². The van der Waals surface area contributed by atoms with Gasteiger partial charge in [-0.15, -0.1) is 6.42 Å². The molecule has 0 radical (unpaired) electrons. The van der Waals surface area contributed by atoms with E-state index in [1.807, 2.05) is 0 Å². The highest BCUT2D eigenvalue weighted by atomic mass is 127. The third-order valence-corrected chi connectivity index (χ3v) is 10.5. The van der Waals surface area contributed by atoms with Gasteiger partial charge >= 0.3 is 0 Å². The Hall–Kier alpha value is 0.387. The number of rotatable bonds is 6. The van der Waals surface area contributed by atoms with Crippen LogP contribution in [0, 0.1) is 12.3 Å². The molecule has 2 rings (SSSR count). The minimum absolute atomic E-state index is 0.0711.